The fourth-order valence-electron chi connectivity index (χ4n) is 1.28. The predicted octanol–water partition coefficient (Wildman–Crippen LogP) is 0.947. The number of likely N-dealkylation sites (N-methyl/N-ethyl adjacent to an activating group) is 1. The van der Waals surface area contributed by atoms with Gasteiger partial charge in [-0.3, -0.25) is 4.79 Å². The van der Waals surface area contributed by atoms with E-state index in [9.17, 15) is 4.79 Å². The summed E-state index contributed by atoms with van der Waals surface area (Å²) in [7, 11) is 3.99. The maximum absolute atomic E-state index is 11.7. The van der Waals surface area contributed by atoms with E-state index in [4.69, 9.17) is 10.5 Å². The Morgan fingerprint density at radius 2 is 2.22 bits per heavy atom. The Bertz CT molecular complexity index is 371. The molecule has 0 fully saturated rings. The number of carbonyl (C=O) groups excluding carboxylic acids is 1. The van der Waals surface area contributed by atoms with Crippen LogP contribution in [0.2, 0.25) is 0 Å². The average Bonchev–Trinajstić information content (AvgIpc) is 2.63. The van der Waals surface area contributed by atoms with Gasteiger partial charge in [0.25, 0.3) is 5.91 Å². The van der Waals surface area contributed by atoms with Crippen molar-refractivity contribution in [2.24, 2.45) is 0 Å². The lowest BCUT2D eigenvalue weighted by Gasteiger charge is -2.09. The molecule has 0 saturated heterocycles. The first kappa shape index (κ1) is 14.9. The molecule has 0 atom stereocenters. The lowest BCUT2D eigenvalue weighted by atomic mass is 10.3. The fourth-order valence-corrected chi connectivity index (χ4v) is 2.14. The van der Waals surface area contributed by atoms with Crippen LogP contribution in [0.15, 0.2) is 6.07 Å². The summed E-state index contributed by atoms with van der Waals surface area (Å²) in [6, 6.07) is 1.71. The van der Waals surface area contributed by atoms with E-state index in [2.05, 4.69) is 10.2 Å². The normalized spacial score (nSPS) is 10.9. The molecule has 1 aromatic rings. The van der Waals surface area contributed by atoms with Crippen LogP contribution in [0.3, 0.4) is 0 Å². The molecule has 1 aromatic heterocycles. The number of nitrogens with zero attached hydrogens (tertiary/aromatic N) is 1. The molecule has 1 heterocycles. The summed E-state index contributed by atoms with van der Waals surface area (Å²) in [5.41, 5.74) is 6.38. The van der Waals surface area contributed by atoms with Gasteiger partial charge < -0.3 is 20.7 Å². The molecule has 102 valence electrons. The monoisotopic (exact) mass is 271 g/mol. The Hall–Kier alpha value is -1.11. The van der Waals surface area contributed by atoms with Crippen LogP contribution in [0.5, 0.6) is 0 Å². The zero-order valence-electron chi connectivity index (χ0n) is 11.2. The van der Waals surface area contributed by atoms with E-state index in [1.807, 2.05) is 21.0 Å². The van der Waals surface area contributed by atoms with Crippen molar-refractivity contribution >= 4 is 22.9 Å². The van der Waals surface area contributed by atoms with E-state index in [0.29, 0.717) is 30.3 Å². The summed E-state index contributed by atoms with van der Waals surface area (Å²) in [6.45, 7) is 4.51. The van der Waals surface area contributed by atoms with Crippen molar-refractivity contribution in [2.75, 3.05) is 46.1 Å². The van der Waals surface area contributed by atoms with E-state index in [1.54, 1.807) is 6.07 Å². The van der Waals surface area contributed by atoms with Crippen molar-refractivity contribution in [1.82, 2.24) is 10.2 Å². The maximum atomic E-state index is 11.7. The number of carbonyl (C=O) groups is 1. The number of rotatable bonds is 7. The number of hydrogen-bond donors (Lipinski definition) is 2. The number of nitrogen functional groups attached to an aromatic ring is 1. The molecule has 3 N–H and O–H groups in total. The van der Waals surface area contributed by atoms with Gasteiger partial charge in [-0.15, -0.1) is 11.3 Å². The molecule has 18 heavy (non-hydrogen) atoms. The highest BCUT2D eigenvalue weighted by atomic mass is 32.1. The highest BCUT2D eigenvalue weighted by molar-refractivity contribution is 7.14. The molecule has 0 bridgehead atoms. The van der Waals surface area contributed by atoms with Gasteiger partial charge in [0.1, 0.15) is 0 Å². The molecule has 1 amide bonds. The van der Waals surface area contributed by atoms with Gasteiger partial charge in [0.15, 0.2) is 0 Å². The first-order chi connectivity index (χ1) is 8.50. The highest BCUT2D eigenvalue weighted by Gasteiger charge is 2.09. The van der Waals surface area contributed by atoms with E-state index < -0.39 is 0 Å². The molecular formula is C12H21N3O2S. The molecule has 1 rings (SSSR count). The molecule has 0 saturated carbocycles. The van der Waals surface area contributed by atoms with Crippen LogP contribution in [0.25, 0.3) is 0 Å². The van der Waals surface area contributed by atoms with Crippen molar-refractivity contribution < 1.29 is 9.53 Å². The van der Waals surface area contributed by atoms with Crippen LogP contribution >= 0.6 is 11.3 Å². The van der Waals surface area contributed by atoms with Gasteiger partial charge in [-0.05, 0) is 27.1 Å². The van der Waals surface area contributed by atoms with Crippen molar-refractivity contribution in [3.8, 4) is 0 Å². The number of amides is 1. The second kappa shape index (κ2) is 7.35. The van der Waals surface area contributed by atoms with Gasteiger partial charge >= 0.3 is 0 Å². The van der Waals surface area contributed by atoms with Gasteiger partial charge in [-0.2, -0.15) is 0 Å². The Kier molecular flexibility index (Phi) is 6.11. The molecule has 5 nitrogen and oxygen atoms in total. The quantitative estimate of drug-likeness (QED) is 0.725. The van der Waals surface area contributed by atoms with E-state index in [1.165, 1.54) is 11.3 Å². The van der Waals surface area contributed by atoms with E-state index in [0.717, 1.165) is 11.4 Å². The Labute approximate surface area is 112 Å². The standard InChI is InChI=1S/C12H21N3O2S/c1-9-10(13)8-11(18-9)12(16)14-4-6-17-7-5-15(2)3/h8H,4-7,13H2,1-3H3,(H,14,16). The minimum Gasteiger partial charge on any atom is -0.398 e. The number of thiophene rings is 1. The number of nitrogens with one attached hydrogen (secondary N) is 1. The topological polar surface area (TPSA) is 67.6 Å². The van der Waals surface area contributed by atoms with Crippen LogP contribution < -0.4 is 11.1 Å². The van der Waals surface area contributed by atoms with Crippen LogP contribution in [-0.2, 0) is 4.74 Å². The van der Waals surface area contributed by atoms with Gasteiger partial charge in [-0.25, -0.2) is 0 Å². The van der Waals surface area contributed by atoms with Crippen LogP contribution in [0.1, 0.15) is 14.5 Å². The molecule has 0 unspecified atom stereocenters. The predicted molar refractivity (Wildman–Crippen MR) is 75.2 cm³/mol. The largest absolute Gasteiger partial charge is 0.398 e. The van der Waals surface area contributed by atoms with E-state index in [-0.39, 0.29) is 5.91 Å². The fraction of sp³-hybridized carbons (Fsp3) is 0.583. The average molecular weight is 271 g/mol. The summed E-state index contributed by atoms with van der Waals surface area (Å²) in [5.74, 6) is -0.0870. The number of hydrogen-bond acceptors (Lipinski definition) is 5. The van der Waals surface area contributed by atoms with Gasteiger partial charge in [0, 0.05) is 23.7 Å². The third-order valence-corrected chi connectivity index (χ3v) is 3.46. The van der Waals surface area contributed by atoms with Crippen LogP contribution in [0.4, 0.5) is 5.69 Å². The maximum Gasteiger partial charge on any atom is 0.261 e. The minimum absolute atomic E-state index is 0.0870. The van der Waals surface area contributed by atoms with Crippen molar-refractivity contribution in [1.29, 1.82) is 0 Å². The van der Waals surface area contributed by atoms with E-state index >= 15 is 0 Å². The summed E-state index contributed by atoms with van der Waals surface area (Å²) < 4.78 is 5.38. The molecule has 0 aliphatic heterocycles. The zero-order chi connectivity index (χ0) is 13.5. The number of aryl methyl sites for hydroxylation is 1. The van der Waals surface area contributed by atoms with Gasteiger partial charge in [0.05, 0.1) is 18.1 Å². The third-order valence-electron chi connectivity index (χ3n) is 2.39. The summed E-state index contributed by atoms with van der Waals surface area (Å²) >= 11 is 1.41. The first-order valence-corrected chi connectivity index (χ1v) is 6.69. The summed E-state index contributed by atoms with van der Waals surface area (Å²) in [5, 5.41) is 2.80. The SMILES string of the molecule is Cc1sc(C(=O)NCCOCCN(C)C)cc1N. The third kappa shape index (κ3) is 5.03. The second-order valence-corrected chi connectivity index (χ2v) is 5.55. The van der Waals surface area contributed by atoms with Crippen molar-refractivity contribution in [2.45, 2.75) is 6.92 Å². The molecular weight excluding hydrogens is 250 g/mol. The van der Waals surface area contributed by atoms with Gasteiger partial charge in [0.2, 0.25) is 0 Å². The minimum atomic E-state index is -0.0870. The molecule has 6 heteroatoms. The molecule has 0 radical (unpaired) electrons. The summed E-state index contributed by atoms with van der Waals surface area (Å²) in [4.78, 5) is 15.4. The lowest BCUT2D eigenvalue weighted by molar-refractivity contribution is 0.0904. The molecule has 0 aromatic carbocycles. The van der Waals surface area contributed by atoms with Crippen LogP contribution in [-0.4, -0.2) is 51.2 Å². The van der Waals surface area contributed by atoms with Crippen LogP contribution in [0, 0.1) is 6.92 Å². The zero-order valence-corrected chi connectivity index (χ0v) is 12.0. The van der Waals surface area contributed by atoms with Gasteiger partial charge in [-0.1, -0.05) is 0 Å². The second-order valence-electron chi connectivity index (χ2n) is 4.29. The first-order valence-electron chi connectivity index (χ1n) is 5.87. The van der Waals surface area contributed by atoms with Crippen molar-refractivity contribution in [3.63, 3.8) is 0 Å². The lowest BCUT2D eigenvalue weighted by Crippen LogP contribution is -2.27. The summed E-state index contributed by atoms with van der Waals surface area (Å²) in [6.07, 6.45) is 0. The Morgan fingerprint density at radius 1 is 1.50 bits per heavy atom. The Morgan fingerprint density at radius 3 is 2.78 bits per heavy atom. The smallest absolute Gasteiger partial charge is 0.261 e. The number of anilines is 1. The molecule has 0 spiro atoms. The highest BCUT2D eigenvalue weighted by Crippen LogP contribution is 2.22. The molecule has 0 aliphatic rings. The number of nitrogens with two attached hydrogens (primary N) is 1. The Balaban J connectivity index is 2.18. The molecule has 0 aliphatic carbocycles. The number of ether oxygens (including phenoxy) is 1. The van der Waals surface area contributed by atoms with Crippen molar-refractivity contribution in [3.05, 3.63) is 15.8 Å².